The molecule has 236 valence electrons. The Morgan fingerprint density at radius 3 is 2.53 bits per heavy atom. The van der Waals surface area contributed by atoms with E-state index in [0.717, 1.165) is 17.7 Å². The summed E-state index contributed by atoms with van der Waals surface area (Å²) in [7, 11) is -4.28. The average molecular weight is 617 g/mol. The second kappa shape index (κ2) is 13.7. The van der Waals surface area contributed by atoms with Crippen LogP contribution in [0.4, 0.5) is 11.6 Å². The lowest BCUT2D eigenvalue weighted by Gasteiger charge is -2.34. The third-order valence-electron chi connectivity index (χ3n) is 6.98. The van der Waals surface area contributed by atoms with E-state index in [2.05, 4.69) is 40.4 Å². The number of nitrogens with one attached hydrogen (secondary N) is 1. The molecule has 4 heterocycles. The highest BCUT2D eigenvalue weighted by molar-refractivity contribution is 7.90. The van der Waals surface area contributed by atoms with Crippen molar-refractivity contribution in [1.29, 1.82) is 0 Å². The number of carbonyl (C=O) groups is 1. The first-order valence-electron chi connectivity index (χ1n) is 14.3. The fraction of sp³-hybridized carbons (Fsp3) is 0.467. The van der Waals surface area contributed by atoms with Crippen LogP contribution < -0.4 is 20.1 Å². The number of ether oxygens (including phenoxy) is 3. The largest absolute Gasteiger partial charge is 0.475 e. The summed E-state index contributed by atoms with van der Waals surface area (Å²) in [5.74, 6) is 0.368. The molecule has 0 aromatic carbocycles. The molecule has 0 saturated carbocycles. The molecule has 1 aliphatic heterocycles. The van der Waals surface area contributed by atoms with E-state index in [4.69, 9.17) is 24.9 Å². The van der Waals surface area contributed by atoms with Crippen LogP contribution in [-0.2, 0) is 19.5 Å². The molecule has 3 N–H and O–H groups in total. The molecule has 4 rings (SSSR count). The van der Waals surface area contributed by atoms with Crippen LogP contribution in [-0.4, -0.2) is 74.4 Å². The summed E-state index contributed by atoms with van der Waals surface area (Å²) in [6, 6.07) is 11.1. The van der Waals surface area contributed by atoms with Gasteiger partial charge in [-0.1, -0.05) is 13.0 Å². The van der Waals surface area contributed by atoms with Gasteiger partial charge in [0.2, 0.25) is 5.88 Å². The number of nitrogens with zero attached hydrogens (tertiary/aromatic N) is 4. The van der Waals surface area contributed by atoms with E-state index in [1.165, 1.54) is 18.2 Å². The van der Waals surface area contributed by atoms with Crippen LogP contribution >= 0.6 is 0 Å². The Kier molecular flexibility index (Phi) is 10.2. The quantitative estimate of drug-likeness (QED) is 0.266. The standard InChI is InChI=1S/C30H40N6O6S.2H2/c1-6-40-12-13-41-14-15-42-26-17-22(16-21(3)32-26)24-11-10-23(28(33-24)36-19-20(2)18-30(36,4)5)29(37)35-43(38,39)27-9-7-8-25(31)34-27;;/h7-11,16-17,20H,6,12-15,18-19H2,1-5H3,(H2,31,34)(H,35,37);2*1H/t20-;;/m0../s1. The molecule has 1 amide bonds. The molecule has 0 bridgehead atoms. The highest BCUT2D eigenvalue weighted by Crippen LogP contribution is 2.38. The summed E-state index contributed by atoms with van der Waals surface area (Å²) in [5, 5.41) is -0.346. The number of anilines is 2. The molecular formula is C30H44N6O6S. The minimum Gasteiger partial charge on any atom is -0.475 e. The van der Waals surface area contributed by atoms with Gasteiger partial charge in [0.1, 0.15) is 18.2 Å². The maximum absolute atomic E-state index is 13.5. The topological polar surface area (TPSA) is 159 Å². The predicted molar refractivity (Wildman–Crippen MR) is 168 cm³/mol. The predicted octanol–water partition coefficient (Wildman–Crippen LogP) is 4.10. The Bertz CT molecular complexity index is 1560. The Labute approximate surface area is 256 Å². The van der Waals surface area contributed by atoms with Crippen molar-refractivity contribution in [2.75, 3.05) is 50.2 Å². The zero-order valence-electron chi connectivity index (χ0n) is 25.3. The van der Waals surface area contributed by atoms with Gasteiger partial charge in [0, 0.05) is 38.9 Å². The number of rotatable bonds is 13. The average Bonchev–Trinajstić information content (AvgIpc) is 3.23. The second-order valence-corrected chi connectivity index (χ2v) is 12.8. The number of nitrogen functional groups attached to an aromatic ring is 1. The van der Waals surface area contributed by atoms with Crippen molar-refractivity contribution in [3.05, 3.63) is 53.7 Å². The normalized spacial score (nSPS) is 16.3. The lowest BCUT2D eigenvalue weighted by atomic mass is 9.97. The number of aryl methyl sites for hydroxylation is 1. The van der Waals surface area contributed by atoms with E-state index in [0.29, 0.717) is 62.9 Å². The first-order valence-corrected chi connectivity index (χ1v) is 15.7. The summed E-state index contributed by atoms with van der Waals surface area (Å²) in [4.78, 5) is 28.8. The lowest BCUT2D eigenvalue weighted by Crippen LogP contribution is -2.41. The SMILES string of the molecule is CCOCCOCCOc1cc(-c2ccc(C(=O)NS(=O)(=O)c3cccc(N)n3)c(N3C[C@@H](C)CC3(C)C)n2)cc(C)n1.[HH].[HH]. The highest BCUT2D eigenvalue weighted by atomic mass is 32.2. The molecule has 1 atom stereocenters. The third kappa shape index (κ3) is 8.18. The van der Waals surface area contributed by atoms with Crippen molar-refractivity contribution in [3.8, 4) is 17.1 Å². The van der Waals surface area contributed by atoms with Gasteiger partial charge in [0.05, 0.1) is 31.1 Å². The fourth-order valence-corrected chi connectivity index (χ4v) is 6.13. The minimum absolute atomic E-state index is 0. The van der Waals surface area contributed by atoms with Crippen LogP contribution in [0.25, 0.3) is 11.3 Å². The Balaban J connectivity index is 0.00000353. The van der Waals surface area contributed by atoms with Crippen LogP contribution in [0.5, 0.6) is 5.88 Å². The van der Waals surface area contributed by atoms with Gasteiger partial charge in [-0.25, -0.2) is 19.7 Å². The summed E-state index contributed by atoms with van der Waals surface area (Å²) >= 11 is 0. The number of nitrogens with two attached hydrogens (primary N) is 1. The van der Waals surface area contributed by atoms with Crippen molar-refractivity contribution < 1.29 is 30.3 Å². The molecule has 0 unspecified atom stereocenters. The van der Waals surface area contributed by atoms with Crippen molar-refractivity contribution >= 4 is 27.6 Å². The van der Waals surface area contributed by atoms with E-state index < -0.39 is 15.9 Å². The summed E-state index contributed by atoms with van der Waals surface area (Å²) in [6.45, 7) is 13.1. The molecule has 12 nitrogen and oxygen atoms in total. The molecule has 1 fully saturated rings. The van der Waals surface area contributed by atoms with Crippen molar-refractivity contribution in [3.63, 3.8) is 0 Å². The second-order valence-electron chi connectivity index (χ2n) is 11.1. The van der Waals surface area contributed by atoms with Crippen LogP contribution in [0, 0.1) is 12.8 Å². The number of pyridine rings is 3. The lowest BCUT2D eigenvalue weighted by molar-refractivity contribution is 0.0399. The molecule has 0 spiro atoms. The Morgan fingerprint density at radius 1 is 1.09 bits per heavy atom. The van der Waals surface area contributed by atoms with Gasteiger partial charge in [-0.2, -0.15) is 8.42 Å². The maximum atomic E-state index is 13.5. The van der Waals surface area contributed by atoms with E-state index >= 15 is 0 Å². The first-order chi connectivity index (χ1) is 20.4. The van der Waals surface area contributed by atoms with E-state index in [9.17, 15) is 13.2 Å². The molecule has 43 heavy (non-hydrogen) atoms. The third-order valence-corrected chi connectivity index (χ3v) is 8.21. The molecule has 13 heteroatoms. The fourth-order valence-electron chi connectivity index (χ4n) is 5.19. The van der Waals surface area contributed by atoms with Gasteiger partial charge < -0.3 is 24.8 Å². The molecule has 0 radical (unpaired) electrons. The van der Waals surface area contributed by atoms with Crippen LogP contribution in [0.15, 0.2) is 47.5 Å². The van der Waals surface area contributed by atoms with Gasteiger partial charge in [-0.3, -0.25) is 4.79 Å². The van der Waals surface area contributed by atoms with Gasteiger partial charge in [0.15, 0.2) is 5.03 Å². The van der Waals surface area contributed by atoms with Crippen molar-refractivity contribution in [2.45, 2.75) is 51.6 Å². The summed E-state index contributed by atoms with van der Waals surface area (Å²) in [5.41, 5.74) is 7.54. The van der Waals surface area contributed by atoms with Crippen LogP contribution in [0.3, 0.4) is 0 Å². The van der Waals surface area contributed by atoms with Gasteiger partial charge in [-0.15, -0.1) is 0 Å². The number of hydrogen-bond acceptors (Lipinski definition) is 11. The Morgan fingerprint density at radius 2 is 1.84 bits per heavy atom. The number of carbonyl (C=O) groups excluding carboxylic acids is 1. The van der Waals surface area contributed by atoms with E-state index in [1.54, 1.807) is 18.2 Å². The number of sulfonamides is 1. The molecule has 1 aliphatic rings. The highest BCUT2D eigenvalue weighted by Gasteiger charge is 2.39. The molecular weight excluding hydrogens is 572 g/mol. The monoisotopic (exact) mass is 616 g/mol. The molecule has 3 aromatic rings. The summed E-state index contributed by atoms with van der Waals surface area (Å²) < 4.78 is 44.8. The number of amides is 1. The zero-order chi connectivity index (χ0) is 31.2. The van der Waals surface area contributed by atoms with Crippen molar-refractivity contribution in [1.82, 2.24) is 19.7 Å². The minimum atomic E-state index is -4.28. The Hall–Kier alpha value is -3.81. The number of hydrogen-bond donors (Lipinski definition) is 2. The van der Waals surface area contributed by atoms with E-state index in [1.807, 2.05) is 19.9 Å². The van der Waals surface area contributed by atoms with Crippen LogP contribution in [0.1, 0.15) is 53.0 Å². The first kappa shape index (κ1) is 32.1. The van der Waals surface area contributed by atoms with Crippen molar-refractivity contribution in [2.24, 2.45) is 5.92 Å². The van der Waals surface area contributed by atoms with Gasteiger partial charge in [0.25, 0.3) is 15.9 Å². The molecule has 1 saturated heterocycles. The molecule has 3 aromatic heterocycles. The zero-order valence-corrected chi connectivity index (χ0v) is 26.1. The molecule has 0 aliphatic carbocycles. The van der Waals surface area contributed by atoms with Gasteiger partial charge >= 0.3 is 0 Å². The number of aromatic nitrogens is 3. The van der Waals surface area contributed by atoms with E-state index in [-0.39, 0.29) is 24.8 Å². The maximum Gasteiger partial charge on any atom is 0.281 e. The summed E-state index contributed by atoms with van der Waals surface area (Å²) in [6.07, 6.45) is 0.879. The smallest absolute Gasteiger partial charge is 0.281 e. The van der Waals surface area contributed by atoms with Gasteiger partial charge in [-0.05, 0) is 70.4 Å². The van der Waals surface area contributed by atoms with Crippen LogP contribution in [0.2, 0.25) is 0 Å².